The van der Waals surface area contributed by atoms with Gasteiger partial charge in [0, 0.05) is 19.2 Å². The molecule has 0 aliphatic rings. The molecule has 1 amide bonds. The van der Waals surface area contributed by atoms with Crippen molar-refractivity contribution in [1.29, 1.82) is 0 Å². The lowest BCUT2D eigenvalue weighted by molar-refractivity contribution is 0.0200. The molecule has 1 atom stereocenters. The third-order valence-corrected chi connectivity index (χ3v) is 5.62. The van der Waals surface area contributed by atoms with Crippen LogP contribution in [0.3, 0.4) is 0 Å². The predicted octanol–water partition coefficient (Wildman–Crippen LogP) is 6.23. The molecule has 192 valence electrons. The molecule has 9 heteroatoms. The van der Waals surface area contributed by atoms with Gasteiger partial charge in [-0.3, -0.25) is 0 Å². The van der Waals surface area contributed by atoms with Gasteiger partial charge in [0.1, 0.15) is 28.5 Å². The Morgan fingerprint density at radius 1 is 1.11 bits per heavy atom. The summed E-state index contributed by atoms with van der Waals surface area (Å²) < 4.78 is 35.5. The Morgan fingerprint density at radius 2 is 1.77 bits per heavy atom. The van der Waals surface area contributed by atoms with Crippen molar-refractivity contribution in [2.45, 2.75) is 46.3 Å². The Kier molecular flexibility index (Phi) is 10.4. The van der Waals surface area contributed by atoms with E-state index in [0.717, 1.165) is 17.4 Å². The summed E-state index contributed by atoms with van der Waals surface area (Å²) >= 11 is 3.07. The second kappa shape index (κ2) is 12.8. The molecule has 0 radical (unpaired) electrons. The van der Waals surface area contributed by atoms with E-state index in [4.69, 9.17) is 18.9 Å². The SMILES string of the molecule is COC(=O)c1cc(Br)c(F)cc1OCC[C@@H](C)CN(Cc1ccc(OC)cc1)C(=O)OC(C)(C)C. The van der Waals surface area contributed by atoms with E-state index >= 15 is 0 Å². The van der Waals surface area contributed by atoms with E-state index in [2.05, 4.69) is 15.9 Å². The van der Waals surface area contributed by atoms with Crippen molar-refractivity contribution in [1.82, 2.24) is 4.90 Å². The summed E-state index contributed by atoms with van der Waals surface area (Å²) in [5.74, 6) is -0.297. The average Bonchev–Trinajstić information content (AvgIpc) is 2.79. The Balaban J connectivity index is 2.06. The van der Waals surface area contributed by atoms with Gasteiger partial charge in [-0.05, 0) is 72.8 Å². The fourth-order valence-corrected chi connectivity index (χ4v) is 3.58. The number of esters is 1. The molecule has 2 aromatic carbocycles. The molecule has 0 saturated heterocycles. The van der Waals surface area contributed by atoms with Gasteiger partial charge in [0.15, 0.2) is 0 Å². The standard InChI is InChI=1S/C26H33BrFNO6/c1-17(11-12-34-23-14-22(28)21(27)13-20(23)24(30)33-6)15-29(25(31)35-26(2,3)4)16-18-7-9-19(32-5)10-8-18/h7-10,13-14,17H,11-12,15-16H2,1-6H3/t17-/m1/s1. The smallest absolute Gasteiger partial charge is 0.410 e. The molecule has 0 aromatic heterocycles. The number of nitrogens with zero attached hydrogens (tertiary/aromatic N) is 1. The maximum Gasteiger partial charge on any atom is 0.410 e. The first-order chi connectivity index (χ1) is 16.4. The summed E-state index contributed by atoms with van der Waals surface area (Å²) in [6.45, 7) is 8.46. The van der Waals surface area contributed by atoms with Crippen molar-refractivity contribution in [3.63, 3.8) is 0 Å². The molecule has 0 fully saturated rings. The summed E-state index contributed by atoms with van der Waals surface area (Å²) in [5.41, 5.74) is 0.439. The van der Waals surface area contributed by atoms with Crippen molar-refractivity contribution in [3.05, 3.63) is 57.8 Å². The minimum atomic E-state index is -0.627. The van der Waals surface area contributed by atoms with E-state index in [1.807, 2.05) is 52.0 Å². The number of ether oxygens (including phenoxy) is 4. The van der Waals surface area contributed by atoms with Crippen LogP contribution in [-0.2, 0) is 16.0 Å². The van der Waals surface area contributed by atoms with Crippen LogP contribution >= 0.6 is 15.9 Å². The molecule has 2 aromatic rings. The minimum Gasteiger partial charge on any atom is -0.497 e. The van der Waals surface area contributed by atoms with Crippen molar-refractivity contribution < 1.29 is 32.9 Å². The maximum absolute atomic E-state index is 14.0. The number of carbonyl (C=O) groups is 2. The first-order valence-electron chi connectivity index (χ1n) is 11.2. The molecule has 0 saturated carbocycles. The zero-order valence-electron chi connectivity index (χ0n) is 21.0. The largest absolute Gasteiger partial charge is 0.497 e. The molecule has 35 heavy (non-hydrogen) atoms. The average molecular weight is 554 g/mol. The number of methoxy groups -OCH3 is 2. The molecule has 7 nitrogen and oxygen atoms in total. The monoisotopic (exact) mass is 553 g/mol. The lowest BCUT2D eigenvalue weighted by Crippen LogP contribution is -2.39. The highest BCUT2D eigenvalue weighted by Gasteiger charge is 2.24. The highest BCUT2D eigenvalue weighted by atomic mass is 79.9. The van der Waals surface area contributed by atoms with Crippen LogP contribution in [0, 0.1) is 11.7 Å². The molecule has 2 rings (SSSR count). The number of hydrogen-bond acceptors (Lipinski definition) is 6. The van der Waals surface area contributed by atoms with Gasteiger partial charge in [-0.1, -0.05) is 19.1 Å². The van der Waals surface area contributed by atoms with Gasteiger partial charge in [0.05, 0.1) is 25.3 Å². The Hall–Kier alpha value is -2.81. The fraction of sp³-hybridized carbons (Fsp3) is 0.462. The maximum atomic E-state index is 14.0. The quantitative estimate of drug-likeness (QED) is 0.325. The van der Waals surface area contributed by atoms with Crippen molar-refractivity contribution in [2.75, 3.05) is 27.4 Å². The number of hydrogen-bond donors (Lipinski definition) is 0. The highest BCUT2D eigenvalue weighted by molar-refractivity contribution is 9.10. The third-order valence-electron chi connectivity index (χ3n) is 5.01. The van der Waals surface area contributed by atoms with E-state index in [0.29, 0.717) is 19.5 Å². The van der Waals surface area contributed by atoms with Crippen LogP contribution < -0.4 is 9.47 Å². The number of amides is 1. The van der Waals surface area contributed by atoms with Gasteiger partial charge in [0.25, 0.3) is 0 Å². The van der Waals surface area contributed by atoms with Gasteiger partial charge in [-0.25, -0.2) is 14.0 Å². The molecule has 0 aliphatic heterocycles. The van der Waals surface area contributed by atoms with Gasteiger partial charge in [0.2, 0.25) is 0 Å². The van der Waals surface area contributed by atoms with E-state index in [1.54, 1.807) is 12.0 Å². The molecule has 0 heterocycles. The molecule has 0 aliphatic carbocycles. The summed E-state index contributed by atoms with van der Waals surface area (Å²) in [5, 5.41) is 0. The predicted molar refractivity (Wildman–Crippen MR) is 134 cm³/mol. The highest BCUT2D eigenvalue weighted by Crippen LogP contribution is 2.28. The van der Waals surface area contributed by atoms with E-state index in [9.17, 15) is 14.0 Å². The summed E-state index contributed by atoms with van der Waals surface area (Å²) in [7, 11) is 2.85. The number of benzene rings is 2. The van der Waals surface area contributed by atoms with Crippen LogP contribution in [0.25, 0.3) is 0 Å². The fourth-order valence-electron chi connectivity index (χ4n) is 3.24. The first-order valence-corrected chi connectivity index (χ1v) is 12.0. The topological polar surface area (TPSA) is 74.3 Å². The van der Waals surface area contributed by atoms with E-state index in [1.165, 1.54) is 13.2 Å². The van der Waals surface area contributed by atoms with Crippen LogP contribution in [-0.4, -0.2) is 49.9 Å². The molecule has 0 bridgehead atoms. The first kappa shape index (κ1) is 28.4. The third kappa shape index (κ3) is 9.05. The zero-order valence-corrected chi connectivity index (χ0v) is 22.6. The number of halogens is 2. The van der Waals surface area contributed by atoms with Gasteiger partial charge in [-0.15, -0.1) is 0 Å². The van der Waals surface area contributed by atoms with Crippen LogP contribution in [0.1, 0.15) is 50.0 Å². The van der Waals surface area contributed by atoms with Crippen molar-refractivity contribution >= 4 is 28.0 Å². The minimum absolute atomic E-state index is 0.0302. The van der Waals surface area contributed by atoms with E-state index in [-0.39, 0.29) is 28.3 Å². The normalized spacial score (nSPS) is 12.0. The lowest BCUT2D eigenvalue weighted by Gasteiger charge is -2.29. The van der Waals surface area contributed by atoms with Gasteiger partial charge in [-0.2, -0.15) is 0 Å². The summed E-state index contributed by atoms with van der Waals surface area (Å²) in [6.07, 6.45) is 0.143. The summed E-state index contributed by atoms with van der Waals surface area (Å²) in [4.78, 5) is 26.6. The Bertz CT molecular complexity index is 1010. The van der Waals surface area contributed by atoms with Crippen LogP contribution in [0.4, 0.5) is 9.18 Å². The molecule has 0 N–H and O–H groups in total. The van der Waals surface area contributed by atoms with Crippen molar-refractivity contribution in [3.8, 4) is 11.5 Å². The van der Waals surface area contributed by atoms with Crippen LogP contribution in [0.2, 0.25) is 0 Å². The lowest BCUT2D eigenvalue weighted by atomic mass is 10.1. The second-order valence-electron chi connectivity index (χ2n) is 9.21. The van der Waals surface area contributed by atoms with Crippen LogP contribution in [0.5, 0.6) is 11.5 Å². The summed E-state index contributed by atoms with van der Waals surface area (Å²) in [6, 6.07) is 9.98. The Morgan fingerprint density at radius 3 is 2.34 bits per heavy atom. The number of rotatable bonds is 10. The van der Waals surface area contributed by atoms with Gasteiger partial charge >= 0.3 is 12.1 Å². The zero-order chi connectivity index (χ0) is 26.2. The second-order valence-corrected chi connectivity index (χ2v) is 10.1. The molecular weight excluding hydrogens is 521 g/mol. The van der Waals surface area contributed by atoms with Crippen molar-refractivity contribution in [2.24, 2.45) is 5.92 Å². The Labute approximate surface area is 214 Å². The van der Waals surface area contributed by atoms with E-state index < -0.39 is 23.5 Å². The number of carbonyl (C=O) groups excluding carboxylic acids is 2. The van der Waals surface area contributed by atoms with Crippen LogP contribution in [0.15, 0.2) is 40.9 Å². The molecule has 0 unspecified atom stereocenters. The van der Waals surface area contributed by atoms with Gasteiger partial charge < -0.3 is 23.8 Å². The molecule has 0 spiro atoms. The molecular formula is C26H33BrFNO6.